The highest BCUT2D eigenvalue weighted by Gasteiger charge is 2.16. The maximum atomic E-state index is 12.4. The van der Waals surface area contributed by atoms with E-state index < -0.39 is 15.7 Å². The Kier molecular flexibility index (Phi) is 3.61. The van der Waals surface area contributed by atoms with Crippen molar-refractivity contribution < 1.29 is 13.2 Å². The van der Waals surface area contributed by atoms with Gasteiger partial charge in [-0.3, -0.25) is 14.5 Å². The van der Waals surface area contributed by atoms with E-state index in [2.05, 4.69) is 15.5 Å². The Morgan fingerprint density at radius 1 is 1.17 bits per heavy atom. The molecule has 0 fully saturated rings. The summed E-state index contributed by atoms with van der Waals surface area (Å²) in [6.07, 6.45) is 2.84. The quantitative estimate of drug-likeness (QED) is 0.789. The number of aromatic nitrogens is 3. The average Bonchev–Trinajstić information content (AvgIpc) is 2.90. The Bertz CT molecular complexity index is 1010. The minimum atomic E-state index is -3.40. The Balaban J connectivity index is 1.95. The van der Waals surface area contributed by atoms with Gasteiger partial charge in [-0.05, 0) is 36.8 Å². The fraction of sp³-hybridized carbons (Fsp3) is 0.133. The van der Waals surface area contributed by atoms with Crippen molar-refractivity contribution in [1.82, 2.24) is 14.6 Å². The highest BCUT2D eigenvalue weighted by atomic mass is 32.2. The van der Waals surface area contributed by atoms with Gasteiger partial charge in [0.05, 0.1) is 4.90 Å². The van der Waals surface area contributed by atoms with Gasteiger partial charge in [0, 0.05) is 18.0 Å². The van der Waals surface area contributed by atoms with Gasteiger partial charge in [0.2, 0.25) is 5.95 Å². The Morgan fingerprint density at radius 3 is 2.70 bits per heavy atom. The number of sulfone groups is 1. The summed E-state index contributed by atoms with van der Waals surface area (Å²) < 4.78 is 25.2. The first-order valence-electron chi connectivity index (χ1n) is 6.78. The summed E-state index contributed by atoms with van der Waals surface area (Å²) in [5.41, 5.74) is 1.43. The molecule has 23 heavy (non-hydrogen) atoms. The average molecular weight is 330 g/mol. The molecule has 3 rings (SSSR count). The van der Waals surface area contributed by atoms with Crippen LogP contribution in [0.3, 0.4) is 0 Å². The van der Waals surface area contributed by atoms with Crippen LogP contribution in [0.2, 0.25) is 0 Å². The largest absolute Gasteiger partial charge is 0.290 e. The van der Waals surface area contributed by atoms with E-state index in [4.69, 9.17) is 0 Å². The minimum Gasteiger partial charge on any atom is -0.290 e. The number of amides is 1. The molecule has 0 aliphatic heterocycles. The van der Waals surface area contributed by atoms with Crippen molar-refractivity contribution in [3.8, 4) is 0 Å². The molecule has 1 amide bonds. The van der Waals surface area contributed by atoms with E-state index >= 15 is 0 Å². The first-order valence-corrected chi connectivity index (χ1v) is 8.67. The Labute approximate surface area is 132 Å². The van der Waals surface area contributed by atoms with Crippen molar-refractivity contribution in [2.75, 3.05) is 11.6 Å². The molecule has 0 bridgehead atoms. The summed E-state index contributed by atoms with van der Waals surface area (Å²) >= 11 is 0. The fourth-order valence-corrected chi connectivity index (χ4v) is 3.24. The van der Waals surface area contributed by atoms with E-state index in [1.165, 1.54) is 6.07 Å². The third-order valence-corrected chi connectivity index (χ3v) is 4.63. The summed E-state index contributed by atoms with van der Waals surface area (Å²) in [5.74, 6) is -0.180. The standard InChI is InChI=1S/C15H14N4O3S/c1-10-6-7-11(9-12(10)23(2,21)22)14(20)16-15-18-17-13-5-3-4-8-19(13)15/h3-9H,1-2H3,(H,16,18,20). The number of fused-ring (bicyclic) bond motifs is 1. The van der Waals surface area contributed by atoms with Gasteiger partial charge in [-0.2, -0.15) is 0 Å². The third kappa shape index (κ3) is 2.93. The Hall–Kier alpha value is -2.74. The van der Waals surface area contributed by atoms with Crippen molar-refractivity contribution in [1.29, 1.82) is 0 Å². The van der Waals surface area contributed by atoms with Crippen molar-refractivity contribution in [3.05, 3.63) is 53.7 Å². The number of hydrogen-bond acceptors (Lipinski definition) is 5. The summed E-state index contributed by atoms with van der Waals surface area (Å²) in [7, 11) is -3.40. The topological polar surface area (TPSA) is 93.4 Å². The first-order chi connectivity index (χ1) is 10.9. The molecule has 1 aromatic carbocycles. The highest BCUT2D eigenvalue weighted by Crippen LogP contribution is 2.18. The second kappa shape index (κ2) is 5.47. The van der Waals surface area contributed by atoms with Crippen molar-refractivity contribution in [2.45, 2.75) is 11.8 Å². The second-order valence-corrected chi connectivity index (χ2v) is 7.14. The van der Waals surface area contributed by atoms with Gasteiger partial charge in [-0.1, -0.05) is 12.1 Å². The molecular weight excluding hydrogens is 316 g/mol. The molecule has 3 aromatic rings. The lowest BCUT2D eigenvalue weighted by Gasteiger charge is -2.07. The number of nitrogens with zero attached hydrogens (tertiary/aromatic N) is 3. The molecule has 2 aromatic heterocycles. The summed E-state index contributed by atoms with van der Waals surface area (Å²) in [4.78, 5) is 12.5. The maximum absolute atomic E-state index is 12.4. The molecule has 118 valence electrons. The number of anilines is 1. The SMILES string of the molecule is Cc1ccc(C(=O)Nc2nnc3ccccn23)cc1S(C)(=O)=O. The molecule has 0 aliphatic carbocycles. The van der Waals surface area contributed by atoms with Gasteiger partial charge in [-0.25, -0.2) is 8.42 Å². The molecular formula is C15H14N4O3S. The van der Waals surface area contributed by atoms with Crippen LogP contribution >= 0.6 is 0 Å². The third-order valence-electron chi connectivity index (χ3n) is 3.39. The van der Waals surface area contributed by atoms with Gasteiger partial charge in [-0.15, -0.1) is 10.2 Å². The van der Waals surface area contributed by atoms with E-state index in [1.807, 2.05) is 6.07 Å². The Morgan fingerprint density at radius 2 is 1.96 bits per heavy atom. The molecule has 0 aliphatic rings. The number of carbonyl (C=O) groups excluding carboxylic acids is 1. The van der Waals surface area contributed by atoms with Crippen LogP contribution in [0.15, 0.2) is 47.5 Å². The van der Waals surface area contributed by atoms with Crippen LogP contribution in [0, 0.1) is 6.92 Å². The van der Waals surface area contributed by atoms with Crippen molar-refractivity contribution in [2.24, 2.45) is 0 Å². The number of benzene rings is 1. The molecule has 0 radical (unpaired) electrons. The number of pyridine rings is 1. The van der Waals surface area contributed by atoms with E-state index in [0.717, 1.165) is 6.26 Å². The fourth-order valence-electron chi connectivity index (χ4n) is 2.24. The van der Waals surface area contributed by atoms with Crippen LogP contribution in [-0.4, -0.2) is 35.2 Å². The van der Waals surface area contributed by atoms with Gasteiger partial charge >= 0.3 is 0 Å². The van der Waals surface area contributed by atoms with Gasteiger partial charge in [0.25, 0.3) is 5.91 Å². The van der Waals surface area contributed by atoms with Crippen molar-refractivity contribution >= 4 is 27.3 Å². The molecule has 0 saturated carbocycles. The molecule has 2 heterocycles. The number of hydrogen-bond donors (Lipinski definition) is 1. The lowest BCUT2D eigenvalue weighted by molar-refractivity contribution is 0.102. The van der Waals surface area contributed by atoms with Crippen LogP contribution in [0.4, 0.5) is 5.95 Å². The van der Waals surface area contributed by atoms with E-state index in [-0.39, 0.29) is 16.4 Å². The summed E-state index contributed by atoms with van der Waals surface area (Å²) in [6.45, 7) is 1.68. The zero-order valence-electron chi connectivity index (χ0n) is 12.5. The van der Waals surface area contributed by atoms with Crippen LogP contribution in [-0.2, 0) is 9.84 Å². The van der Waals surface area contributed by atoms with Crippen LogP contribution in [0.1, 0.15) is 15.9 Å². The molecule has 1 N–H and O–H groups in total. The van der Waals surface area contributed by atoms with Crippen molar-refractivity contribution in [3.63, 3.8) is 0 Å². The molecule has 0 unspecified atom stereocenters. The van der Waals surface area contributed by atoms with E-state index in [9.17, 15) is 13.2 Å². The van der Waals surface area contributed by atoms with Gasteiger partial charge in [0.1, 0.15) is 0 Å². The maximum Gasteiger partial charge on any atom is 0.258 e. The van der Waals surface area contributed by atoms with Gasteiger partial charge in [0.15, 0.2) is 15.5 Å². The molecule has 0 saturated heterocycles. The van der Waals surface area contributed by atoms with Crippen LogP contribution in [0.25, 0.3) is 5.65 Å². The lowest BCUT2D eigenvalue weighted by atomic mass is 10.1. The zero-order chi connectivity index (χ0) is 16.6. The number of carbonyl (C=O) groups is 1. The molecule has 7 nitrogen and oxygen atoms in total. The number of aryl methyl sites for hydroxylation is 1. The minimum absolute atomic E-state index is 0.135. The highest BCUT2D eigenvalue weighted by molar-refractivity contribution is 7.90. The predicted octanol–water partition coefficient (Wildman–Crippen LogP) is 1.69. The normalized spacial score (nSPS) is 11.6. The number of rotatable bonds is 3. The van der Waals surface area contributed by atoms with Gasteiger partial charge < -0.3 is 0 Å². The summed E-state index contributed by atoms with van der Waals surface area (Å²) in [5, 5.41) is 10.5. The number of nitrogens with one attached hydrogen (secondary N) is 1. The summed E-state index contributed by atoms with van der Waals surface area (Å²) in [6, 6.07) is 9.91. The second-order valence-electron chi connectivity index (χ2n) is 5.16. The lowest BCUT2D eigenvalue weighted by Crippen LogP contribution is -2.15. The van der Waals surface area contributed by atoms with Crippen LogP contribution < -0.4 is 5.32 Å². The predicted molar refractivity (Wildman–Crippen MR) is 85.2 cm³/mol. The van der Waals surface area contributed by atoms with E-state index in [0.29, 0.717) is 11.2 Å². The molecule has 0 atom stereocenters. The molecule has 8 heteroatoms. The first kappa shape index (κ1) is 15.2. The zero-order valence-corrected chi connectivity index (χ0v) is 13.3. The smallest absolute Gasteiger partial charge is 0.258 e. The van der Waals surface area contributed by atoms with E-state index in [1.54, 1.807) is 41.8 Å². The molecule has 0 spiro atoms. The van der Waals surface area contributed by atoms with Crippen LogP contribution in [0.5, 0.6) is 0 Å². The monoisotopic (exact) mass is 330 g/mol.